The molecule has 1 saturated carbocycles. The molecule has 0 spiro atoms. The van der Waals surface area contributed by atoms with E-state index in [-0.39, 0.29) is 27.9 Å². The van der Waals surface area contributed by atoms with Crippen LogP contribution in [0.5, 0.6) is 0 Å². The fourth-order valence-electron chi connectivity index (χ4n) is 4.91. The van der Waals surface area contributed by atoms with Crippen molar-refractivity contribution in [1.29, 1.82) is 0 Å². The van der Waals surface area contributed by atoms with E-state index in [1.54, 1.807) is 0 Å². The predicted octanol–water partition coefficient (Wildman–Crippen LogP) is 3.00. The lowest BCUT2D eigenvalue weighted by atomic mass is 9.89. The van der Waals surface area contributed by atoms with Crippen LogP contribution < -0.4 is 10.6 Å². The highest BCUT2D eigenvalue weighted by atomic mass is 35.5. The highest BCUT2D eigenvalue weighted by molar-refractivity contribution is 6.31. The van der Waals surface area contributed by atoms with Gasteiger partial charge in [-0.05, 0) is 81.6 Å². The lowest BCUT2D eigenvalue weighted by Crippen LogP contribution is -2.49. The molecule has 6 nitrogen and oxygen atoms in total. The van der Waals surface area contributed by atoms with E-state index >= 15 is 0 Å². The Bertz CT molecular complexity index is 783. The van der Waals surface area contributed by atoms with Gasteiger partial charge in [0, 0.05) is 35.9 Å². The van der Waals surface area contributed by atoms with E-state index in [0.29, 0.717) is 24.9 Å². The Balaban J connectivity index is 1.17. The molecule has 4 rings (SSSR count). The fourth-order valence-corrected chi connectivity index (χ4v) is 5.13. The number of ether oxygens (including phenoxy) is 1. The van der Waals surface area contributed by atoms with Gasteiger partial charge in [-0.2, -0.15) is 0 Å². The molecule has 0 radical (unpaired) electrons. The van der Waals surface area contributed by atoms with Crippen LogP contribution in [0.4, 0.5) is 4.39 Å². The molecule has 0 unspecified atom stereocenters. The maximum absolute atomic E-state index is 13.4. The predicted molar refractivity (Wildman–Crippen MR) is 117 cm³/mol. The van der Waals surface area contributed by atoms with Crippen molar-refractivity contribution >= 4 is 23.4 Å². The number of carbonyl (C=O) groups excluding carboxylic acids is 2. The minimum atomic E-state index is -0.519. The van der Waals surface area contributed by atoms with Crippen LogP contribution in [0.15, 0.2) is 18.2 Å². The van der Waals surface area contributed by atoms with Crippen molar-refractivity contribution in [1.82, 2.24) is 15.5 Å². The van der Waals surface area contributed by atoms with Gasteiger partial charge in [-0.25, -0.2) is 4.39 Å². The average Bonchev–Trinajstić information content (AvgIpc) is 3.53. The van der Waals surface area contributed by atoms with Crippen LogP contribution in [0.1, 0.15) is 48.9 Å². The molecule has 2 aliphatic heterocycles. The maximum atomic E-state index is 13.4. The summed E-state index contributed by atoms with van der Waals surface area (Å²) in [6.45, 7) is 4.26. The first-order valence-electron chi connectivity index (χ1n) is 11.3. The first-order valence-corrected chi connectivity index (χ1v) is 11.7. The quantitative estimate of drug-likeness (QED) is 0.668. The number of likely N-dealkylation sites (tertiary alicyclic amines) is 1. The second kappa shape index (κ2) is 9.84. The molecule has 1 aliphatic carbocycles. The van der Waals surface area contributed by atoms with E-state index in [1.807, 2.05) is 0 Å². The summed E-state index contributed by atoms with van der Waals surface area (Å²) >= 11 is 5.82. The smallest absolute Gasteiger partial charge is 0.251 e. The molecule has 3 fully saturated rings. The van der Waals surface area contributed by atoms with Crippen LogP contribution in [-0.2, 0) is 9.53 Å². The number of halogens is 2. The van der Waals surface area contributed by atoms with Gasteiger partial charge < -0.3 is 15.4 Å². The lowest BCUT2D eigenvalue weighted by molar-refractivity contribution is -0.124. The number of rotatable bonds is 7. The number of hydrogen-bond acceptors (Lipinski definition) is 4. The van der Waals surface area contributed by atoms with Gasteiger partial charge in [0.05, 0.1) is 6.54 Å². The molecule has 2 N–H and O–H groups in total. The summed E-state index contributed by atoms with van der Waals surface area (Å²) in [5.41, 5.74) is 0.251. The summed E-state index contributed by atoms with van der Waals surface area (Å²) in [7, 11) is 0. The Hall–Kier alpha value is -1.70. The van der Waals surface area contributed by atoms with Crippen molar-refractivity contribution in [3.8, 4) is 0 Å². The third kappa shape index (κ3) is 5.96. The normalized spacial score (nSPS) is 22.1. The van der Waals surface area contributed by atoms with Crippen molar-refractivity contribution in [3.05, 3.63) is 34.6 Å². The van der Waals surface area contributed by atoms with Crippen LogP contribution in [0.2, 0.25) is 5.02 Å². The van der Waals surface area contributed by atoms with Gasteiger partial charge >= 0.3 is 0 Å². The summed E-state index contributed by atoms with van der Waals surface area (Å²) in [4.78, 5) is 27.1. The number of nitrogens with one attached hydrogen (secondary N) is 2. The Morgan fingerprint density at radius 2 is 1.84 bits per heavy atom. The molecule has 170 valence electrons. The third-order valence-electron chi connectivity index (χ3n) is 6.93. The molecule has 31 heavy (non-hydrogen) atoms. The van der Waals surface area contributed by atoms with E-state index in [4.69, 9.17) is 16.3 Å². The summed E-state index contributed by atoms with van der Waals surface area (Å²) in [6.07, 6.45) is 6.09. The van der Waals surface area contributed by atoms with Gasteiger partial charge in [0.2, 0.25) is 5.91 Å². The molecule has 0 atom stereocenters. The van der Waals surface area contributed by atoms with Crippen LogP contribution in [0.3, 0.4) is 0 Å². The van der Waals surface area contributed by atoms with E-state index in [9.17, 15) is 14.0 Å². The highest BCUT2D eigenvalue weighted by Crippen LogP contribution is 2.46. The summed E-state index contributed by atoms with van der Waals surface area (Å²) in [5, 5.41) is 6.42. The highest BCUT2D eigenvalue weighted by Gasteiger charge is 2.50. The summed E-state index contributed by atoms with van der Waals surface area (Å²) < 4.78 is 18.9. The molecule has 3 aliphatic rings. The molecule has 8 heteroatoms. The molecule has 2 saturated heterocycles. The summed E-state index contributed by atoms with van der Waals surface area (Å²) in [5.74, 6) is 0.190. The van der Waals surface area contributed by atoms with Crippen LogP contribution in [-0.4, -0.2) is 61.6 Å². The molecular weight excluding hydrogens is 421 g/mol. The van der Waals surface area contributed by atoms with E-state index < -0.39 is 5.82 Å². The second-order valence-corrected chi connectivity index (χ2v) is 9.62. The Kier molecular flexibility index (Phi) is 7.14. The SMILES string of the molecule is O=C(CN1CCC(CNC(=O)c2cc(F)cc(Cl)c2)CC1)NC1(C2CCOCC2)CC1. The van der Waals surface area contributed by atoms with Crippen molar-refractivity contribution in [2.45, 2.75) is 44.1 Å². The standard InChI is InChI=1S/C23H31ClFN3O3/c24-19-11-17(12-20(25)13-19)22(30)26-14-16-1-7-28(8-2-16)15-21(29)27-23(5-6-23)18-3-9-31-10-4-18/h11-13,16,18H,1-10,14-15H2,(H,26,30)(H,27,29). The fraction of sp³-hybridized carbons (Fsp3) is 0.652. The van der Waals surface area contributed by atoms with Crippen molar-refractivity contribution in [3.63, 3.8) is 0 Å². The molecule has 1 aromatic rings. The molecule has 0 aromatic heterocycles. The Morgan fingerprint density at radius 3 is 2.48 bits per heavy atom. The molecule has 0 bridgehead atoms. The summed E-state index contributed by atoms with van der Waals surface area (Å²) in [6, 6.07) is 3.84. The largest absolute Gasteiger partial charge is 0.381 e. The van der Waals surface area contributed by atoms with Gasteiger partial charge in [-0.1, -0.05) is 11.6 Å². The number of piperidine rings is 1. The number of nitrogens with zero attached hydrogens (tertiary/aromatic N) is 1. The van der Waals surface area contributed by atoms with E-state index in [2.05, 4.69) is 15.5 Å². The topological polar surface area (TPSA) is 70.7 Å². The first-order chi connectivity index (χ1) is 14.9. The Labute approximate surface area is 187 Å². The van der Waals surface area contributed by atoms with Crippen molar-refractivity contribution in [2.24, 2.45) is 11.8 Å². The van der Waals surface area contributed by atoms with Gasteiger partial charge in [0.25, 0.3) is 5.91 Å². The maximum Gasteiger partial charge on any atom is 0.251 e. The number of carbonyl (C=O) groups is 2. The van der Waals surface area contributed by atoms with Crippen molar-refractivity contribution < 1.29 is 18.7 Å². The van der Waals surface area contributed by atoms with Crippen LogP contribution in [0.25, 0.3) is 0 Å². The Morgan fingerprint density at radius 1 is 1.13 bits per heavy atom. The molecule has 2 heterocycles. The zero-order valence-corrected chi connectivity index (χ0v) is 18.6. The van der Waals surface area contributed by atoms with Gasteiger partial charge in [0.15, 0.2) is 0 Å². The number of amides is 2. The van der Waals surface area contributed by atoms with Gasteiger partial charge in [0.1, 0.15) is 5.82 Å². The molecule has 1 aromatic carbocycles. The van der Waals surface area contributed by atoms with Crippen LogP contribution in [0, 0.1) is 17.7 Å². The zero-order chi connectivity index (χ0) is 21.8. The molecular formula is C23H31ClFN3O3. The minimum Gasteiger partial charge on any atom is -0.381 e. The second-order valence-electron chi connectivity index (χ2n) is 9.18. The number of benzene rings is 1. The van der Waals surface area contributed by atoms with E-state index in [1.165, 1.54) is 18.2 Å². The number of hydrogen-bond donors (Lipinski definition) is 2. The monoisotopic (exact) mass is 451 g/mol. The van der Waals surface area contributed by atoms with Crippen LogP contribution >= 0.6 is 11.6 Å². The van der Waals surface area contributed by atoms with Crippen molar-refractivity contribution in [2.75, 3.05) is 39.4 Å². The first kappa shape index (κ1) is 22.5. The average molecular weight is 452 g/mol. The van der Waals surface area contributed by atoms with Gasteiger partial charge in [-0.3, -0.25) is 14.5 Å². The third-order valence-corrected chi connectivity index (χ3v) is 7.15. The zero-order valence-electron chi connectivity index (χ0n) is 17.8. The van der Waals surface area contributed by atoms with E-state index in [0.717, 1.165) is 64.8 Å². The lowest BCUT2D eigenvalue weighted by Gasteiger charge is -2.34. The minimum absolute atomic E-state index is 0.0171. The molecule has 2 amide bonds. The van der Waals surface area contributed by atoms with Gasteiger partial charge in [-0.15, -0.1) is 0 Å².